The zero-order chi connectivity index (χ0) is 24.9. The molecule has 0 unspecified atom stereocenters. The Balaban J connectivity index is 1.95. The SMILES string of the molecule is COc1cc(-c2cc(C)c(-c3ccc(OS(C)(=O)=O)cc3)cc2OC)ccc1OCC=C(C)C. The Bertz CT molecular complexity index is 1290. The largest absolute Gasteiger partial charge is 0.496 e. The van der Waals surface area contributed by atoms with Crippen molar-refractivity contribution in [1.82, 2.24) is 0 Å². The third-order valence-electron chi connectivity index (χ3n) is 5.16. The van der Waals surface area contributed by atoms with E-state index in [2.05, 4.69) is 6.07 Å². The molecule has 0 aliphatic rings. The molecule has 0 heterocycles. The summed E-state index contributed by atoms with van der Waals surface area (Å²) >= 11 is 0. The van der Waals surface area contributed by atoms with E-state index in [0.29, 0.717) is 23.9 Å². The quantitative estimate of drug-likeness (QED) is 0.274. The molecule has 180 valence electrons. The second kappa shape index (κ2) is 10.7. The van der Waals surface area contributed by atoms with Gasteiger partial charge in [0.1, 0.15) is 18.1 Å². The topological polar surface area (TPSA) is 71.1 Å². The van der Waals surface area contributed by atoms with E-state index < -0.39 is 10.1 Å². The van der Waals surface area contributed by atoms with Gasteiger partial charge in [-0.05, 0) is 85.5 Å². The fraction of sp³-hybridized carbons (Fsp3) is 0.259. The van der Waals surface area contributed by atoms with Gasteiger partial charge in [0, 0.05) is 5.56 Å². The first-order valence-electron chi connectivity index (χ1n) is 10.7. The molecule has 3 rings (SSSR count). The van der Waals surface area contributed by atoms with Crippen LogP contribution in [-0.2, 0) is 10.1 Å². The Morgan fingerprint density at radius 2 is 1.47 bits per heavy atom. The lowest BCUT2D eigenvalue weighted by Gasteiger charge is -2.16. The predicted molar refractivity (Wildman–Crippen MR) is 136 cm³/mol. The summed E-state index contributed by atoms with van der Waals surface area (Å²) in [6, 6.07) is 16.8. The highest BCUT2D eigenvalue weighted by molar-refractivity contribution is 7.86. The maximum Gasteiger partial charge on any atom is 0.306 e. The Kier molecular flexibility index (Phi) is 7.89. The first-order chi connectivity index (χ1) is 16.1. The number of ether oxygens (including phenoxy) is 3. The maximum atomic E-state index is 11.4. The third-order valence-corrected chi connectivity index (χ3v) is 5.66. The number of rotatable bonds is 9. The van der Waals surface area contributed by atoms with Gasteiger partial charge in [-0.3, -0.25) is 0 Å². The fourth-order valence-corrected chi connectivity index (χ4v) is 3.97. The number of hydrogen-bond acceptors (Lipinski definition) is 6. The van der Waals surface area contributed by atoms with Crippen LogP contribution in [0.15, 0.2) is 66.2 Å². The lowest BCUT2D eigenvalue weighted by atomic mass is 9.94. The zero-order valence-electron chi connectivity index (χ0n) is 20.3. The predicted octanol–water partition coefficient (Wildman–Crippen LogP) is 6.03. The van der Waals surface area contributed by atoms with Crippen LogP contribution in [0.25, 0.3) is 22.3 Å². The number of benzene rings is 3. The van der Waals surface area contributed by atoms with Crippen LogP contribution in [0, 0.1) is 6.92 Å². The summed E-state index contributed by atoms with van der Waals surface area (Å²) in [5.74, 6) is 2.29. The minimum absolute atomic E-state index is 0.270. The van der Waals surface area contributed by atoms with Gasteiger partial charge in [0.2, 0.25) is 0 Å². The van der Waals surface area contributed by atoms with Crippen molar-refractivity contribution in [3.8, 4) is 45.3 Å². The summed E-state index contributed by atoms with van der Waals surface area (Å²) < 4.78 is 44.8. The molecule has 3 aromatic carbocycles. The van der Waals surface area contributed by atoms with Crippen molar-refractivity contribution in [3.05, 3.63) is 71.8 Å². The Labute approximate surface area is 201 Å². The maximum absolute atomic E-state index is 11.4. The van der Waals surface area contributed by atoms with Crippen molar-refractivity contribution in [2.45, 2.75) is 20.8 Å². The molecule has 0 amide bonds. The van der Waals surface area contributed by atoms with Crippen molar-refractivity contribution in [1.29, 1.82) is 0 Å². The van der Waals surface area contributed by atoms with E-state index >= 15 is 0 Å². The zero-order valence-corrected chi connectivity index (χ0v) is 21.2. The molecule has 0 bridgehead atoms. The van der Waals surface area contributed by atoms with Crippen LogP contribution in [0.2, 0.25) is 0 Å². The van der Waals surface area contributed by atoms with Crippen LogP contribution in [0.5, 0.6) is 23.0 Å². The highest BCUT2D eigenvalue weighted by Crippen LogP contribution is 2.40. The van der Waals surface area contributed by atoms with Gasteiger partial charge >= 0.3 is 10.1 Å². The Morgan fingerprint density at radius 3 is 2.06 bits per heavy atom. The van der Waals surface area contributed by atoms with Crippen LogP contribution in [0.3, 0.4) is 0 Å². The molecule has 0 saturated heterocycles. The highest BCUT2D eigenvalue weighted by atomic mass is 32.2. The molecule has 3 aromatic rings. The van der Waals surface area contributed by atoms with Crippen LogP contribution in [0.4, 0.5) is 0 Å². The highest BCUT2D eigenvalue weighted by Gasteiger charge is 2.15. The van der Waals surface area contributed by atoms with Gasteiger partial charge in [0.05, 0.1) is 20.5 Å². The summed E-state index contributed by atoms with van der Waals surface area (Å²) in [5, 5.41) is 0. The van der Waals surface area contributed by atoms with E-state index in [4.69, 9.17) is 18.4 Å². The van der Waals surface area contributed by atoms with E-state index in [-0.39, 0.29) is 5.75 Å². The number of allylic oxidation sites excluding steroid dienone is 1. The molecule has 0 aliphatic carbocycles. The molecule has 0 aliphatic heterocycles. The summed E-state index contributed by atoms with van der Waals surface area (Å²) in [5.41, 5.74) is 5.98. The molecule has 0 aromatic heterocycles. The number of methoxy groups -OCH3 is 2. The normalized spacial score (nSPS) is 11.0. The van der Waals surface area contributed by atoms with E-state index in [1.54, 1.807) is 26.4 Å². The van der Waals surface area contributed by atoms with E-state index in [1.165, 1.54) is 5.57 Å². The van der Waals surface area contributed by atoms with Crippen molar-refractivity contribution >= 4 is 10.1 Å². The second-order valence-electron chi connectivity index (χ2n) is 8.14. The summed E-state index contributed by atoms with van der Waals surface area (Å²) in [4.78, 5) is 0. The smallest absolute Gasteiger partial charge is 0.306 e. The molecule has 34 heavy (non-hydrogen) atoms. The average molecular weight is 483 g/mol. The molecule has 0 spiro atoms. The molecule has 7 heteroatoms. The summed E-state index contributed by atoms with van der Waals surface area (Å²) in [6.45, 7) is 6.55. The minimum atomic E-state index is -3.57. The lowest BCUT2D eigenvalue weighted by molar-refractivity contribution is 0.326. The molecular formula is C27H30O6S. The molecule has 0 fully saturated rings. The summed E-state index contributed by atoms with van der Waals surface area (Å²) in [6.07, 6.45) is 3.03. The van der Waals surface area contributed by atoms with Gasteiger partial charge in [-0.1, -0.05) is 23.8 Å². The summed E-state index contributed by atoms with van der Waals surface area (Å²) in [7, 11) is -0.315. The van der Waals surface area contributed by atoms with Crippen LogP contribution >= 0.6 is 0 Å². The van der Waals surface area contributed by atoms with Gasteiger partial charge in [0.15, 0.2) is 11.5 Å². The molecule has 0 radical (unpaired) electrons. The van der Waals surface area contributed by atoms with Gasteiger partial charge in [-0.2, -0.15) is 8.42 Å². The van der Waals surface area contributed by atoms with Crippen molar-refractivity contribution in [2.75, 3.05) is 27.1 Å². The Morgan fingerprint density at radius 1 is 0.824 bits per heavy atom. The van der Waals surface area contributed by atoms with E-state index in [1.807, 2.05) is 63.2 Å². The fourth-order valence-electron chi connectivity index (χ4n) is 3.51. The van der Waals surface area contributed by atoms with Crippen LogP contribution in [-0.4, -0.2) is 35.5 Å². The van der Waals surface area contributed by atoms with E-state index in [0.717, 1.165) is 34.1 Å². The molecular weight excluding hydrogens is 452 g/mol. The van der Waals surface area contributed by atoms with Gasteiger partial charge in [-0.25, -0.2) is 0 Å². The standard InChI is InChI=1S/C27H30O6S/c1-18(2)13-14-32-25-12-9-21(16-27(25)31-5)24-15-19(3)23(17-26(24)30-4)20-7-10-22(11-8-20)33-34(6,28)29/h7-13,15-17H,14H2,1-6H3. The van der Waals surface area contributed by atoms with Gasteiger partial charge in [-0.15, -0.1) is 0 Å². The molecule has 0 atom stereocenters. The molecule has 0 N–H and O–H groups in total. The van der Waals surface area contributed by atoms with Crippen LogP contribution < -0.4 is 18.4 Å². The van der Waals surface area contributed by atoms with Crippen molar-refractivity contribution < 1.29 is 26.8 Å². The van der Waals surface area contributed by atoms with E-state index in [9.17, 15) is 8.42 Å². The first-order valence-corrected chi connectivity index (χ1v) is 12.6. The molecule has 6 nitrogen and oxygen atoms in total. The van der Waals surface area contributed by atoms with Gasteiger partial charge < -0.3 is 18.4 Å². The number of hydrogen-bond donors (Lipinski definition) is 0. The minimum Gasteiger partial charge on any atom is -0.496 e. The van der Waals surface area contributed by atoms with Gasteiger partial charge in [0.25, 0.3) is 0 Å². The molecule has 0 saturated carbocycles. The van der Waals surface area contributed by atoms with Crippen molar-refractivity contribution in [2.24, 2.45) is 0 Å². The average Bonchev–Trinajstić information content (AvgIpc) is 2.78. The van der Waals surface area contributed by atoms with Crippen molar-refractivity contribution in [3.63, 3.8) is 0 Å². The third kappa shape index (κ3) is 6.32. The Hall–Kier alpha value is -3.45. The first kappa shape index (κ1) is 25.2. The van der Waals surface area contributed by atoms with Crippen LogP contribution in [0.1, 0.15) is 19.4 Å². The monoisotopic (exact) mass is 482 g/mol. The lowest BCUT2D eigenvalue weighted by Crippen LogP contribution is -2.05. The number of aryl methyl sites for hydroxylation is 1. The second-order valence-corrected chi connectivity index (χ2v) is 9.71.